The number of hydrogen-bond acceptors (Lipinski definition) is 4. The molecule has 1 amide bonds. The van der Waals surface area contributed by atoms with Gasteiger partial charge in [-0.1, -0.05) is 32.0 Å². The summed E-state index contributed by atoms with van der Waals surface area (Å²) in [5, 5.41) is 21.1. The third-order valence-electron chi connectivity index (χ3n) is 8.20. The quantitative estimate of drug-likeness (QED) is 0.673. The van der Waals surface area contributed by atoms with Crippen LogP contribution in [0.3, 0.4) is 0 Å². The summed E-state index contributed by atoms with van der Waals surface area (Å²) in [5.74, 6) is -2.75. The summed E-state index contributed by atoms with van der Waals surface area (Å²) in [6.07, 6.45) is 0. The largest absolute Gasteiger partial charge is 0.384 e. The summed E-state index contributed by atoms with van der Waals surface area (Å²) in [7, 11) is 0. The number of carbonyl (C=O) groups is 1. The van der Waals surface area contributed by atoms with Gasteiger partial charge < -0.3 is 10.0 Å². The Morgan fingerprint density at radius 2 is 1.72 bits per heavy atom. The lowest BCUT2D eigenvalue weighted by atomic mass is 9.70. The van der Waals surface area contributed by atoms with Crippen LogP contribution in [0.25, 0.3) is 0 Å². The molecule has 0 aliphatic carbocycles. The first-order valence-electron chi connectivity index (χ1n) is 12.6. The molecule has 0 radical (unpaired) electrons. The molecule has 5 atom stereocenters. The molecule has 2 heterocycles. The summed E-state index contributed by atoms with van der Waals surface area (Å²) >= 11 is 0. The predicted octanol–water partition coefficient (Wildman–Crippen LogP) is 4.65. The SMILES string of the molecule is C[C@@H]1CN(C(=O)[C@@H]2CN(C(C)(C)C)C[C@H]2c2ccc(F)cc2F)C[C@H](C)C1(O)c1cccc(C#N)c1. The van der Waals surface area contributed by atoms with Crippen LogP contribution < -0.4 is 0 Å². The van der Waals surface area contributed by atoms with Crippen LogP contribution in [-0.2, 0) is 10.4 Å². The van der Waals surface area contributed by atoms with Gasteiger partial charge in [-0.3, -0.25) is 9.69 Å². The van der Waals surface area contributed by atoms with Crippen molar-refractivity contribution in [3.05, 3.63) is 70.8 Å². The van der Waals surface area contributed by atoms with Crippen molar-refractivity contribution in [2.45, 2.75) is 51.7 Å². The Morgan fingerprint density at radius 1 is 1.06 bits per heavy atom. The van der Waals surface area contributed by atoms with Crippen molar-refractivity contribution in [1.29, 1.82) is 5.26 Å². The van der Waals surface area contributed by atoms with Crippen LogP contribution in [0.1, 0.15) is 57.2 Å². The van der Waals surface area contributed by atoms with Gasteiger partial charge in [-0.25, -0.2) is 8.78 Å². The first-order chi connectivity index (χ1) is 16.9. The van der Waals surface area contributed by atoms with E-state index in [2.05, 4.69) is 31.7 Å². The maximum atomic E-state index is 14.8. The molecular formula is C29H35F2N3O2. The lowest BCUT2D eigenvalue weighted by molar-refractivity contribution is -0.152. The highest BCUT2D eigenvalue weighted by Crippen LogP contribution is 2.44. The number of benzene rings is 2. The number of halogens is 2. The zero-order chi connectivity index (χ0) is 26.4. The number of nitriles is 1. The van der Waals surface area contributed by atoms with E-state index in [9.17, 15) is 23.9 Å². The van der Waals surface area contributed by atoms with E-state index in [1.54, 1.807) is 23.1 Å². The molecule has 192 valence electrons. The second-order valence-electron chi connectivity index (χ2n) is 11.5. The smallest absolute Gasteiger partial charge is 0.227 e. The molecule has 2 aromatic carbocycles. The minimum Gasteiger partial charge on any atom is -0.384 e. The average molecular weight is 496 g/mol. The van der Waals surface area contributed by atoms with Gasteiger partial charge in [-0.15, -0.1) is 0 Å². The Labute approximate surface area is 212 Å². The first kappa shape index (κ1) is 26.2. The molecule has 1 unspecified atom stereocenters. The minimum absolute atomic E-state index is 0.0676. The monoisotopic (exact) mass is 495 g/mol. The van der Waals surface area contributed by atoms with Crippen LogP contribution in [0.2, 0.25) is 0 Å². The van der Waals surface area contributed by atoms with Gasteiger partial charge >= 0.3 is 0 Å². The highest BCUT2D eigenvalue weighted by atomic mass is 19.1. The van der Waals surface area contributed by atoms with Crippen LogP contribution in [0, 0.1) is 40.7 Å². The molecule has 7 heteroatoms. The van der Waals surface area contributed by atoms with Gasteiger partial charge in [0.05, 0.1) is 23.2 Å². The third-order valence-corrected chi connectivity index (χ3v) is 8.20. The fourth-order valence-electron chi connectivity index (χ4n) is 6.04. The lowest BCUT2D eigenvalue weighted by Crippen LogP contribution is -2.57. The number of rotatable bonds is 3. The minimum atomic E-state index is -1.18. The van der Waals surface area contributed by atoms with E-state index >= 15 is 0 Å². The number of hydrogen-bond donors (Lipinski definition) is 1. The molecule has 36 heavy (non-hydrogen) atoms. The first-order valence-corrected chi connectivity index (χ1v) is 12.6. The molecule has 2 fully saturated rings. The van der Waals surface area contributed by atoms with Gasteiger partial charge in [0.1, 0.15) is 11.6 Å². The van der Waals surface area contributed by atoms with E-state index in [1.807, 2.05) is 19.9 Å². The zero-order valence-electron chi connectivity index (χ0n) is 21.6. The summed E-state index contributed by atoms with van der Waals surface area (Å²) in [6, 6.07) is 12.7. The second-order valence-corrected chi connectivity index (χ2v) is 11.5. The van der Waals surface area contributed by atoms with Gasteiger partial charge in [0.15, 0.2) is 0 Å². The second kappa shape index (κ2) is 9.57. The Morgan fingerprint density at radius 3 is 2.31 bits per heavy atom. The van der Waals surface area contributed by atoms with Crippen molar-refractivity contribution < 1.29 is 18.7 Å². The van der Waals surface area contributed by atoms with E-state index in [0.717, 1.165) is 6.07 Å². The number of aliphatic hydroxyl groups is 1. The van der Waals surface area contributed by atoms with Crippen LogP contribution in [0.4, 0.5) is 8.78 Å². The zero-order valence-corrected chi connectivity index (χ0v) is 21.6. The summed E-state index contributed by atoms with van der Waals surface area (Å²) < 4.78 is 28.5. The number of amides is 1. The van der Waals surface area contributed by atoms with Gasteiger partial charge in [-0.2, -0.15) is 5.26 Å². The highest BCUT2D eigenvalue weighted by molar-refractivity contribution is 5.81. The van der Waals surface area contributed by atoms with Crippen molar-refractivity contribution >= 4 is 5.91 Å². The fraction of sp³-hybridized carbons (Fsp3) is 0.517. The Hall–Kier alpha value is -2.82. The van der Waals surface area contributed by atoms with E-state index in [-0.39, 0.29) is 23.3 Å². The average Bonchev–Trinajstić information content (AvgIpc) is 3.27. The third kappa shape index (κ3) is 4.65. The molecule has 0 aromatic heterocycles. The van der Waals surface area contributed by atoms with Gasteiger partial charge in [-0.05, 0) is 50.1 Å². The molecule has 0 bridgehead atoms. The molecule has 0 saturated carbocycles. The van der Waals surface area contributed by atoms with E-state index in [0.29, 0.717) is 42.9 Å². The summed E-state index contributed by atoms with van der Waals surface area (Å²) in [4.78, 5) is 17.9. The molecule has 2 aliphatic rings. The van der Waals surface area contributed by atoms with Crippen molar-refractivity contribution in [2.75, 3.05) is 26.2 Å². The molecule has 4 rings (SSSR count). The van der Waals surface area contributed by atoms with Crippen LogP contribution in [0.15, 0.2) is 42.5 Å². The van der Waals surface area contributed by atoms with E-state index in [1.165, 1.54) is 12.1 Å². The van der Waals surface area contributed by atoms with Gasteiger partial charge in [0.2, 0.25) is 5.91 Å². The molecule has 0 spiro atoms. The number of piperidine rings is 1. The van der Waals surface area contributed by atoms with Crippen molar-refractivity contribution in [1.82, 2.24) is 9.80 Å². The van der Waals surface area contributed by atoms with Gasteiger partial charge in [0.25, 0.3) is 0 Å². The van der Waals surface area contributed by atoms with Gasteiger partial charge in [0, 0.05) is 55.5 Å². The van der Waals surface area contributed by atoms with Crippen LogP contribution in [0.5, 0.6) is 0 Å². The Kier molecular flexibility index (Phi) is 6.98. The predicted molar refractivity (Wildman–Crippen MR) is 134 cm³/mol. The van der Waals surface area contributed by atoms with Crippen molar-refractivity contribution in [3.8, 4) is 6.07 Å². The molecule has 2 aliphatic heterocycles. The fourth-order valence-corrected chi connectivity index (χ4v) is 6.04. The summed E-state index contributed by atoms with van der Waals surface area (Å²) in [6.45, 7) is 11.7. The molecule has 5 nitrogen and oxygen atoms in total. The van der Waals surface area contributed by atoms with E-state index < -0.39 is 29.1 Å². The molecular weight excluding hydrogens is 460 g/mol. The van der Waals surface area contributed by atoms with Crippen molar-refractivity contribution in [2.24, 2.45) is 17.8 Å². The number of likely N-dealkylation sites (tertiary alicyclic amines) is 2. The Bertz CT molecular complexity index is 1170. The lowest BCUT2D eigenvalue weighted by Gasteiger charge is -2.48. The van der Waals surface area contributed by atoms with Crippen molar-refractivity contribution in [3.63, 3.8) is 0 Å². The Balaban J connectivity index is 1.62. The molecule has 2 saturated heterocycles. The molecule has 1 N–H and O–H groups in total. The number of carbonyl (C=O) groups excluding carboxylic acids is 1. The molecule has 2 aromatic rings. The van der Waals surface area contributed by atoms with Crippen LogP contribution in [-0.4, -0.2) is 52.5 Å². The number of nitrogens with zero attached hydrogens (tertiary/aromatic N) is 3. The van der Waals surface area contributed by atoms with Crippen LogP contribution >= 0.6 is 0 Å². The maximum Gasteiger partial charge on any atom is 0.227 e. The normalized spacial score (nSPS) is 29.2. The topological polar surface area (TPSA) is 67.6 Å². The van der Waals surface area contributed by atoms with E-state index in [4.69, 9.17) is 0 Å². The standard InChI is InChI=1S/C29H35F2N3O2/c1-18-14-33(15-19(2)29(18,36)21-8-6-7-20(11-21)13-32)27(35)25-17-34(28(3,4)5)16-24(25)23-10-9-22(30)12-26(23)31/h6-12,18-19,24-25,36H,14-17H2,1-5H3/t18-,19+,24-,25+,29?/m0/s1. The summed E-state index contributed by atoms with van der Waals surface area (Å²) in [5.41, 5.74) is 0.137. The maximum absolute atomic E-state index is 14.8. The highest BCUT2D eigenvalue weighted by Gasteiger charge is 2.50.